The summed E-state index contributed by atoms with van der Waals surface area (Å²) in [7, 11) is 0. The molecule has 8 nitrogen and oxygen atoms in total. The fourth-order valence-electron chi connectivity index (χ4n) is 2.11. The molecule has 3 heterocycles. The van der Waals surface area contributed by atoms with Crippen LogP contribution in [0.1, 0.15) is 37.7 Å². The lowest BCUT2D eigenvalue weighted by Gasteiger charge is -2.05. The van der Waals surface area contributed by atoms with E-state index in [1.165, 1.54) is 0 Å². The van der Waals surface area contributed by atoms with Crippen LogP contribution >= 0.6 is 35.1 Å². The standard InChI is InChI=1S/C10H7F3N2O3S.C6H5F3N2OS.ClH/c1-2-17-9(16)6-7(18-3-14-6)5-8(10(11,12)13)19-4-15-5;7-6(8,9)5-4(3(12)1-10)11-2-13-5;/h3-4H,2H2,1H3;2H,1,10H2;1H. The summed E-state index contributed by atoms with van der Waals surface area (Å²) in [6.07, 6.45) is -8.22. The number of thiazole rings is 2. The van der Waals surface area contributed by atoms with Gasteiger partial charge < -0.3 is 14.9 Å². The number of aromatic nitrogens is 3. The second-order valence-corrected chi connectivity index (χ2v) is 7.14. The number of esters is 1. The number of alkyl halides is 6. The van der Waals surface area contributed by atoms with Crippen molar-refractivity contribution in [2.45, 2.75) is 19.3 Å². The number of oxazole rings is 1. The van der Waals surface area contributed by atoms with Crippen molar-refractivity contribution in [2.24, 2.45) is 5.73 Å². The van der Waals surface area contributed by atoms with Crippen LogP contribution in [0.3, 0.4) is 0 Å². The van der Waals surface area contributed by atoms with Crippen LogP contribution < -0.4 is 5.73 Å². The summed E-state index contributed by atoms with van der Waals surface area (Å²) < 4.78 is 84.2. The number of hydrogen-bond donors (Lipinski definition) is 1. The second-order valence-electron chi connectivity index (χ2n) is 5.43. The zero-order chi connectivity index (χ0) is 24.1. The van der Waals surface area contributed by atoms with Crippen molar-refractivity contribution < 1.29 is 45.1 Å². The first-order valence-electron chi connectivity index (χ1n) is 8.27. The highest BCUT2D eigenvalue weighted by atomic mass is 35.5. The van der Waals surface area contributed by atoms with E-state index in [1.54, 1.807) is 6.92 Å². The number of carbonyl (C=O) groups is 2. The normalized spacial score (nSPS) is 11.3. The molecule has 0 atom stereocenters. The molecule has 0 fully saturated rings. The summed E-state index contributed by atoms with van der Waals surface area (Å²) in [5.41, 5.74) is 5.56. The Morgan fingerprint density at radius 1 is 1.00 bits per heavy atom. The van der Waals surface area contributed by atoms with Crippen LogP contribution in [-0.2, 0) is 17.1 Å². The molecule has 17 heteroatoms. The first-order chi connectivity index (χ1) is 14.9. The van der Waals surface area contributed by atoms with E-state index in [0.29, 0.717) is 22.7 Å². The van der Waals surface area contributed by atoms with Gasteiger partial charge in [0.2, 0.25) is 0 Å². The van der Waals surface area contributed by atoms with Crippen molar-refractivity contribution >= 4 is 46.8 Å². The van der Waals surface area contributed by atoms with Crippen molar-refractivity contribution in [1.29, 1.82) is 0 Å². The molecule has 0 saturated heterocycles. The average molecular weight is 539 g/mol. The molecular weight excluding hydrogens is 526 g/mol. The maximum atomic E-state index is 12.7. The van der Waals surface area contributed by atoms with Crippen molar-refractivity contribution in [3.05, 3.63) is 38.6 Å². The minimum absolute atomic E-state index is 0. The van der Waals surface area contributed by atoms with E-state index in [4.69, 9.17) is 10.2 Å². The van der Waals surface area contributed by atoms with E-state index < -0.39 is 51.8 Å². The average Bonchev–Trinajstić information content (AvgIpc) is 3.46. The predicted octanol–water partition coefficient (Wildman–Crippen LogP) is 4.72. The largest absolute Gasteiger partial charge is 0.461 e. The van der Waals surface area contributed by atoms with E-state index in [1.807, 2.05) is 0 Å². The van der Waals surface area contributed by atoms with E-state index in [-0.39, 0.29) is 30.5 Å². The molecule has 0 aliphatic rings. The lowest BCUT2D eigenvalue weighted by Crippen LogP contribution is -2.18. The van der Waals surface area contributed by atoms with Crippen molar-refractivity contribution in [1.82, 2.24) is 15.0 Å². The quantitative estimate of drug-likeness (QED) is 0.281. The Kier molecular flexibility index (Phi) is 9.95. The Balaban J connectivity index is 0.000000343. The molecule has 3 aromatic rings. The molecule has 0 aliphatic heterocycles. The van der Waals surface area contributed by atoms with E-state index in [0.717, 1.165) is 17.4 Å². The number of rotatable bonds is 5. The Hall–Kier alpha value is -2.56. The molecule has 0 radical (unpaired) electrons. The van der Waals surface area contributed by atoms with E-state index >= 15 is 0 Å². The van der Waals surface area contributed by atoms with Crippen LogP contribution in [0.4, 0.5) is 26.3 Å². The summed E-state index contributed by atoms with van der Waals surface area (Å²) in [4.78, 5) is 30.9. The SMILES string of the molecule is CCOC(=O)c1ncoc1-c1ncsc1C(F)(F)F.Cl.NCC(=O)c1ncsc1C(F)(F)F. The molecule has 3 rings (SSSR count). The molecule has 0 spiro atoms. The Labute approximate surface area is 195 Å². The van der Waals surface area contributed by atoms with Crippen molar-refractivity contribution in [3.63, 3.8) is 0 Å². The zero-order valence-corrected chi connectivity index (χ0v) is 18.6. The third-order valence-electron chi connectivity index (χ3n) is 3.35. The number of halogens is 7. The summed E-state index contributed by atoms with van der Waals surface area (Å²) >= 11 is 0.800. The summed E-state index contributed by atoms with van der Waals surface area (Å²) in [6.45, 7) is 1.18. The highest BCUT2D eigenvalue weighted by Gasteiger charge is 2.39. The third kappa shape index (κ3) is 6.96. The molecule has 0 bridgehead atoms. The highest BCUT2D eigenvalue weighted by Crippen LogP contribution is 2.40. The van der Waals surface area contributed by atoms with Crippen LogP contribution in [-0.4, -0.2) is 39.9 Å². The molecule has 0 aliphatic carbocycles. The van der Waals surface area contributed by atoms with Crippen molar-refractivity contribution in [3.8, 4) is 11.5 Å². The number of nitrogens with two attached hydrogens (primary N) is 1. The molecule has 33 heavy (non-hydrogen) atoms. The summed E-state index contributed by atoms with van der Waals surface area (Å²) in [5.74, 6) is -1.99. The number of carbonyl (C=O) groups excluding carboxylic acids is 2. The lowest BCUT2D eigenvalue weighted by atomic mass is 10.2. The minimum atomic E-state index is -4.57. The first-order valence-corrected chi connectivity index (χ1v) is 10.0. The molecule has 3 aromatic heterocycles. The van der Waals surface area contributed by atoms with Gasteiger partial charge in [-0.1, -0.05) is 0 Å². The minimum Gasteiger partial charge on any atom is -0.461 e. The van der Waals surface area contributed by atoms with Gasteiger partial charge in [0.05, 0.1) is 24.2 Å². The van der Waals surface area contributed by atoms with Crippen LogP contribution in [0.25, 0.3) is 11.5 Å². The number of nitrogens with zero attached hydrogens (tertiary/aromatic N) is 3. The highest BCUT2D eigenvalue weighted by molar-refractivity contribution is 7.10. The van der Waals surface area contributed by atoms with E-state index in [9.17, 15) is 35.9 Å². The summed E-state index contributed by atoms with van der Waals surface area (Å²) in [5, 5.41) is 0. The third-order valence-corrected chi connectivity index (χ3v) is 5.09. The molecule has 0 aromatic carbocycles. The molecule has 0 unspecified atom stereocenters. The van der Waals surface area contributed by atoms with Gasteiger partial charge >= 0.3 is 18.3 Å². The second kappa shape index (κ2) is 11.5. The number of Topliss-reactive ketones (excluding diaryl/α,β-unsaturated/α-hetero) is 1. The fraction of sp³-hybridized carbons (Fsp3) is 0.312. The van der Waals surface area contributed by atoms with Gasteiger partial charge in [0.1, 0.15) is 21.1 Å². The number of hydrogen-bond acceptors (Lipinski definition) is 10. The molecule has 182 valence electrons. The van der Waals surface area contributed by atoms with Gasteiger partial charge in [-0.05, 0) is 6.92 Å². The molecular formula is C16H13ClF6N4O4S2. The maximum Gasteiger partial charge on any atom is 0.427 e. The fourth-order valence-corrected chi connectivity index (χ4v) is 3.44. The van der Waals surface area contributed by atoms with Crippen molar-refractivity contribution in [2.75, 3.05) is 13.2 Å². The summed E-state index contributed by atoms with van der Waals surface area (Å²) in [6, 6.07) is 0. The van der Waals surface area contributed by atoms with Crippen LogP contribution in [0.15, 0.2) is 21.8 Å². The molecule has 0 amide bonds. The zero-order valence-electron chi connectivity index (χ0n) is 16.2. The van der Waals surface area contributed by atoms with Gasteiger partial charge in [0, 0.05) is 0 Å². The van der Waals surface area contributed by atoms with Gasteiger partial charge in [-0.2, -0.15) is 26.3 Å². The predicted molar refractivity (Wildman–Crippen MR) is 106 cm³/mol. The smallest absolute Gasteiger partial charge is 0.427 e. The van der Waals surface area contributed by atoms with E-state index in [2.05, 4.69) is 19.7 Å². The Morgan fingerprint density at radius 2 is 1.58 bits per heavy atom. The van der Waals surface area contributed by atoms with Gasteiger partial charge in [0.25, 0.3) is 0 Å². The van der Waals surface area contributed by atoms with Gasteiger partial charge in [-0.15, -0.1) is 35.1 Å². The first kappa shape index (κ1) is 28.5. The Morgan fingerprint density at radius 3 is 2.12 bits per heavy atom. The monoisotopic (exact) mass is 538 g/mol. The van der Waals surface area contributed by atoms with Crippen LogP contribution in [0.2, 0.25) is 0 Å². The topological polar surface area (TPSA) is 121 Å². The van der Waals surface area contributed by atoms with Gasteiger partial charge in [0.15, 0.2) is 23.6 Å². The molecule has 2 N–H and O–H groups in total. The lowest BCUT2D eigenvalue weighted by molar-refractivity contribution is -0.135. The number of ether oxygens (including phenoxy) is 1. The Bertz CT molecular complexity index is 1080. The van der Waals surface area contributed by atoms with Gasteiger partial charge in [-0.3, -0.25) is 4.79 Å². The van der Waals surface area contributed by atoms with Crippen LogP contribution in [0.5, 0.6) is 0 Å². The molecule has 0 saturated carbocycles. The maximum absolute atomic E-state index is 12.7. The van der Waals surface area contributed by atoms with Crippen LogP contribution in [0, 0.1) is 0 Å². The number of ketones is 1. The van der Waals surface area contributed by atoms with Gasteiger partial charge in [-0.25, -0.2) is 19.7 Å².